The molecule has 0 fully saturated rings. The van der Waals surface area contributed by atoms with Crippen LogP contribution in [-0.4, -0.2) is 0 Å². The Kier molecular flexibility index (Phi) is 2.81. The number of hydrogen-bond donors (Lipinski definition) is 1. The first-order valence-electron chi connectivity index (χ1n) is 4.79. The van der Waals surface area contributed by atoms with E-state index in [1.807, 2.05) is 12.1 Å². The maximum atomic E-state index is 6.05. The topological polar surface area (TPSA) is 39.2 Å². The molecule has 1 atom stereocenters. The maximum Gasteiger partial charge on any atom is 0.121 e. The van der Waals surface area contributed by atoms with Crippen LogP contribution in [0.15, 0.2) is 16.5 Å². The van der Waals surface area contributed by atoms with Gasteiger partial charge in [0.15, 0.2) is 0 Å². The number of nitrogens with two attached hydrogens (primary N) is 1. The second-order valence-electron chi connectivity index (χ2n) is 4.50. The molecule has 0 aliphatic heterocycles. The van der Waals surface area contributed by atoms with Crippen LogP contribution in [0, 0.1) is 5.41 Å². The Morgan fingerprint density at radius 3 is 2.38 bits per heavy atom. The molecule has 1 rings (SSSR count). The van der Waals surface area contributed by atoms with Gasteiger partial charge in [-0.05, 0) is 17.5 Å². The average molecular weight is 181 g/mol. The van der Waals surface area contributed by atoms with Gasteiger partial charge in [-0.2, -0.15) is 0 Å². The SMILES string of the molecule is CCc1ccc([C@@H](N)C(C)(C)C)o1. The van der Waals surface area contributed by atoms with Gasteiger partial charge in [0.05, 0.1) is 6.04 Å². The highest BCUT2D eigenvalue weighted by molar-refractivity contribution is 5.12. The molecule has 0 unspecified atom stereocenters. The minimum absolute atomic E-state index is 0.0206. The van der Waals surface area contributed by atoms with Crippen LogP contribution in [0.5, 0.6) is 0 Å². The summed E-state index contributed by atoms with van der Waals surface area (Å²) in [6.45, 7) is 8.43. The van der Waals surface area contributed by atoms with Crippen LogP contribution in [0.3, 0.4) is 0 Å². The lowest BCUT2D eigenvalue weighted by Gasteiger charge is -2.24. The molecule has 0 saturated heterocycles. The highest BCUT2D eigenvalue weighted by atomic mass is 16.3. The van der Waals surface area contributed by atoms with Gasteiger partial charge in [-0.3, -0.25) is 0 Å². The summed E-state index contributed by atoms with van der Waals surface area (Å²) in [5.74, 6) is 1.90. The van der Waals surface area contributed by atoms with E-state index < -0.39 is 0 Å². The smallest absolute Gasteiger partial charge is 0.121 e. The Morgan fingerprint density at radius 2 is 2.00 bits per heavy atom. The molecule has 1 aromatic rings. The molecule has 0 saturated carbocycles. The molecule has 0 aliphatic carbocycles. The van der Waals surface area contributed by atoms with Crippen LogP contribution in [0.4, 0.5) is 0 Å². The normalized spacial score (nSPS) is 14.5. The fourth-order valence-corrected chi connectivity index (χ4v) is 1.18. The van der Waals surface area contributed by atoms with Crippen molar-refractivity contribution < 1.29 is 4.42 Å². The quantitative estimate of drug-likeness (QED) is 0.762. The molecule has 2 nitrogen and oxygen atoms in total. The van der Waals surface area contributed by atoms with Gasteiger partial charge in [0.2, 0.25) is 0 Å². The predicted octanol–water partition coefficient (Wildman–Crippen LogP) is 2.89. The summed E-state index contributed by atoms with van der Waals surface area (Å²) in [6.07, 6.45) is 0.927. The van der Waals surface area contributed by atoms with Crippen LogP contribution in [0.2, 0.25) is 0 Å². The molecular formula is C11H19NO. The van der Waals surface area contributed by atoms with Crippen molar-refractivity contribution in [2.75, 3.05) is 0 Å². The van der Waals surface area contributed by atoms with Gasteiger partial charge in [-0.15, -0.1) is 0 Å². The molecule has 0 spiro atoms. The van der Waals surface area contributed by atoms with E-state index in [1.54, 1.807) is 0 Å². The van der Waals surface area contributed by atoms with E-state index in [9.17, 15) is 0 Å². The lowest BCUT2D eigenvalue weighted by molar-refractivity contribution is 0.280. The van der Waals surface area contributed by atoms with Crippen molar-refractivity contribution in [3.8, 4) is 0 Å². The zero-order valence-corrected chi connectivity index (χ0v) is 8.92. The first-order valence-corrected chi connectivity index (χ1v) is 4.79. The Labute approximate surface area is 80.1 Å². The van der Waals surface area contributed by atoms with Crippen molar-refractivity contribution in [3.05, 3.63) is 23.7 Å². The van der Waals surface area contributed by atoms with E-state index in [1.165, 1.54) is 0 Å². The fourth-order valence-electron chi connectivity index (χ4n) is 1.18. The molecule has 2 N–H and O–H groups in total. The summed E-state index contributed by atoms with van der Waals surface area (Å²) >= 11 is 0. The van der Waals surface area contributed by atoms with Crippen LogP contribution in [0.1, 0.15) is 45.3 Å². The zero-order valence-electron chi connectivity index (χ0n) is 8.92. The number of hydrogen-bond acceptors (Lipinski definition) is 2. The molecule has 0 amide bonds. The monoisotopic (exact) mass is 181 g/mol. The van der Waals surface area contributed by atoms with E-state index in [0.29, 0.717) is 0 Å². The van der Waals surface area contributed by atoms with E-state index in [4.69, 9.17) is 10.2 Å². The van der Waals surface area contributed by atoms with Gasteiger partial charge in [-0.1, -0.05) is 27.7 Å². The van der Waals surface area contributed by atoms with Crippen molar-refractivity contribution in [2.45, 2.75) is 40.2 Å². The van der Waals surface area contributed by atoms with E-state index in [2.05, 4.69) is 27.7 Å². The first kappa shape index (κ1) is 10.3. The summed E-state index contributed by atoms with van der Waals surface area (Å²) in [5.41, 5.74) is 6.10. The van der Waals surface area contributed by atoms with Gasteiger partial charge < -0.3 is 10.2 Å². The van der Waals surface area contributed by atoms with E-state index in [0.717, 1.165) is 17.9 Å². The Bertz CT molecular complexity index is 270. The molecule has 13 heavy (non-hydrogen) atoms. The zero-order chi connectivity index (χ0) is 10.1. The third-order valence-corrected chi connectivity index (χ3v) is 2.27. The lowest BCUT2D eigenvalue weighted by Crippen LogP contribution is -2.25. The molecule has 2 heteroatoms. The van der Waals surface area contributed by atoms with Gasteiger partial charge in [0, 0.05) is 6.42 Å². The second-order valence-corrected chi connectivity index (χ2v) is 4.50. The minimum Gasteiger partial charge on any atom is -0.464 e. The molecule has 0 aliphatic rings. The average Bonchev–Trinajstić information content (AvgIpc) is 2.48. The summed E-state index contributed by atoms with van der Waals surface area (Å²) in [7, 11) is 0. The molecule has 0 bridgehead atoms. The Balaban J connectivity index is 2.83. The lowest BCUT2D eigenvalue weighted by atomic mass is 9.86. The summed E-state index contributed by atoms with van der Waals surface area (Å²) < 4.78 is 5.60. The van der Waals surface area contributed by atoms with Crippen molar-refractivity contribution in [3.63, 3.8) is 0 Å². The largest absolute Gasteiger partial charge is 0.464 e. The van der Waals surface area contributed by atoms with Crippen LogP contribution in [-0.2, 0) is 6.42 Å². The van der Waals surface area contributed by atoms with Crippen LogP contribution >= 0.6 is 0 Å². The first-order chi connectivity index (χ1) is 5.95. The molecule has 1 heterocycles. The van der Waals surface area contributed by atoms with E-state index in [-0.39, 0.29) is 11.5 Å². The van der Waals surface area contributed by atoms with E-state index >= 15 is 0 Å². The van der Waals surface area contributed by atoms with Crippen molar-refractivity contribution in [2.24, 2.45) is 11.1 Å². The highest BCUT2D eigenvalue weighted by Gasteiger charge is 2.24. The Hall–Kier alpha value is -0.760. The van der Waals surface area contributed by atoms with Gasteiger partial charge in [0.1, 0.15) is 11.5 Å². The van der Waals surface area contributed by atoms with Crippen molar-refractivity contribution in [1.29, 1.82) is 0 Å². The predicted molar refractivity (Wildman–Crippen MR) is 54.5 cm³/mol. The molecular weight excluding hydrogens is 162 g/mol. The van der Waals surface area contributed by atoms with Crippen LogP contribution in [0.25, 0.3) is 0 Å². The molecule has 0 radical (unpaired) electrons. The molecule has 74 valence electrons. The maximum absolute atomic E-state index is 6.05. The summed E-state index contributed by atoms with van der Waals surface area (Å²) in [5, 5.41) is 0. The van der Waals surface area contributed by atoms with Crippen LogP contribution < -0.4 is 5.73 Å². The fraction of sp³-hybridized carbons (Fsp3) is 0.636. The van der Waals surface area contributed by atoms with Gasteiger partial charge in [0.25, 0.3) is 0 Å². The van der Waals surface area contributed by atoms with Crippen molar-refractivity contribution >= 4 is 0 Å². The second kappa shape index (κ2) is 3.54. The minimum atomic E-state index is -0.0206. The van der Waals surface area contributed by atoms with Crippen molar-refractivity contribution in [1.82, 2.24) is 0 Å². The number of rotatable bonds is 2. The van der Waals surface area contributed by atoms with Gasteiger partial charge >= 0.3 is 0 Å². The molecule has 0 aromatic carbocycles. The standard InChI is InChI=1S/C11H19NO/c1-5-8-6-7-9(13-8)10(12)11(2,3)4/h6-7,10H,5,12H2,1-4H3/t10-/m1/s1. The third kappa shape index (κ3) is 2.34. The highest BCUT2D eigenvalue weighted by Crippen LogP contribution is 2.31. The van der Waals surface area contributed by atoms with Gasteiger partial charge in [-0.25, -0.2) is 0 Å². The number of furan rings is 1. The third-order valence-electron chi connectivity index (χ3n) is 2.27. The molecule has 1 aromatic heterocycles. The Morgan fingerprint density at radius 1 is 1.38 bits per heavy atom. The number of aryl methyl sites for hydroxylation is 1. The summed E-state index contributed by atoms with van der Waals surface area (Å²) in [6, 6.07) is 3.96. The summed E-state index contributed by atoms with van der Waals surface area (Å²) in [4.78, 5) is 0.